The summed E-state index contributed by atoms with van der Waals surface area (Å²) >= 11 is 6.24. The molecule has 1 aromatic carbocycles. The lowest BCUT2D eigenvalue weighted by molar-refractivity contribution is 0.0762. The van der Waals surface area contributed by atoms with Crippen LogP contribution in [0, 0.1) is 0 Å². The molecule has 2 heterocycles. The summed E-state index contributed by atoms with van der Waals surface area (Å²) in [5.74, 6) is -0.130. The molecular weight excluding hydrogens is 386 g/mol. The Labute approximate surface area is 167 Å². The van der Waals surface area contributed by atoms with Gasteiger partial charge < -0.3 is 9.80 Å². The molecule has 0 spiro atoms. The molecule has 1 amide bonds. The molecule has 2 fully saturated rings. The molecule has 2 saturated heterocycles. The molecule has 0 aromatic heterocycles. The van der Waals surface area contributed by atoms with Gasteiger partial charge in [-0.2, -0.15) is 4.31 Å². The largest absolute Gasteiger partial charge is 0.337 e. The molecule has 0 bridgehead atoms. The molecule has 0 saturated carbocycles. The lowest BCUT2D eigenvalue weighted by Gasteiger charge is -2.23. The number of carbonyl (C=O) groups excluding carboxylic acids is 1. The second-order valence-electron chi connectivity index (χ2n) is 7.41. The zero-order valence-electron chi connectivity index (χ0n) is 15.9. The van der Waals surface area contributed by atoms with Gasteiger partial charge in [0.05, 0.1) is 5.02 Å². The molecule has 2 aliphatic heterocycles. The molecule has 0 radical (unpaired) electrons. The molecule has 1 aromatic rings. The van der Waals surface area contributed by atoms with Crippen molar-refractivity contribution in [2.45, 2.75) is 37.0 Å². The fraction of sp³-hybridized carbons (Fsp3) is 0.632. The van der Waals surface area contributed by atoms with Crippen molar-refractivity contribution >= 4 is 27.5 Å². The first-order valence-electron chi connectivity index (χ1n) is 9.67. The van der Waals surface area contributed by atoms with Gasteiger partial charge in [-0.25, -0.2) is 8.42 Å². The summed E-state index contributed by atoms with van der Waals surface area (Å²) in [5, 5.41) is 0.173. The SMILES string of the molecule is CN1CCCN(C(=O)c2ccc(Cl)c(S(=O)(=O)N3CCCCCC3)c2)CC1. The third-order valence-corrected chi connectivity index (χ3v) is 7.75. The molecule has 6 nitrogen and oxygen atoms in total. The van der Waals surface area contributed by atoms with Crippen LogP contribution in [0.5, 0.6) is 0 Å². The molecule has 0 aliphatic carbocycles. The molecule has 3 rings (SSSR count). The highest BCUT2D eigenvalue weighted by atomic mass is 35.5. The summed E-state index contributed by atoms with van der Waals surface area (Å²) in [5.41, 5.74) is 0.386. The topological polar surface area (TPSA) is 60.9 Å². The summed E-state index contributed by atoms with van der Waals surface area (Å²) in [4.78, 5) is 17.0. The third kappa shape index (κ3) is 4.83. The maximum Gasteiger partial charge on any atom is 0.253 e. The first-order valence-corrected chi connectivity index (χ1v) is 11.5. The Morgan fingerprint density at radius 1 is 0.926 bits per heavy atom. The predicted molar refractivity (Wildman–Crippen MR) is 107 cm³/mol. The minimum atomic E-state index is -3.70. The summed E-state index contributed by atoms with van der Waals surface area (Å²) in [6, 6.07) is 4.61. The van der Waals surface area contributed by atoms with Crippen molar-refractivity contribution in [1.82, 2.24) is 14.1 Å². The summed E-state index contributed by atoms with van der Waals surface area (Å²) in [6.07, 6.45) is 4.71. The van der Waals surface area contributed by atoms with Crippen molar-refractivity contribution in [3.63, 3.8) is 0 Å². The highest BCUT2D eigenvalue weighted by Gasteiger charge is 2.29. The fourth-order valence-electron chi connectivity index (χ4n) is 3.69. The maximum atomic E-state index is 13.1. The Morgan fingerprint density at radius 2 is 1.63 bits per heavy atom. The monoisotopic (exact) mass is 413 g/mol. The Kier molecular flexibility index (Phi) is 6.78. The van der Waals surface area contributed by atoms with E-state index >= 15 is 0 Å². The minimum absolute atomic E-state index is 0.0452. The summed E-state index contributed by atoms with van der Waals surface area (Å²) < 4.78 is 27.7. The average molecular weight is 414 g/mol. The van der Waals surface area contributed by atoms with Crippen LogP contribution in [0.1, 0.15) is 42.5 Å². The first kappa shape index (κ1) is 20.6. The minimum Gasteiger partial charge on any atom is -0.337 e. The summed E-state index contributed by atoms with van der Waals surface area (Å²) in [7, 11) is -1.65. The van der Waals surface area contributed by atoms with Crippen LogP contribution in [-0.4, -0.2) is 74.7 Å². The van der Waals surface area contributed by atoms with Crippen LogP contribution in [0.3, 0.4) is 0 Å². The normalized spacial score (nSPS) is 20.9. The van der Waals surface area contributed by atoms with Crippen LogP contribution in [0.15, 0.2) is 23.1 Å². The number of sulfonamides is 1. The predicted octanol–water partition coefficient (Wildman–Crippen LogP) is 2.68. The van der Waals surface area contributed by atoms with Gasteiger partial charge in [0.15, 0.2) is 0 Å². The number of nitrogens with zero attached hydrogens (tertiary/aromatic N) is 3. The van der Waals surface area contributed by atoms with Crippen LogP contribution in [0.25, 0.3) is 0 Å². The molecule has 0 N–H and O–H groups in total. The van der Waals surface area contributed by atoms with Crippen molar-refractivity contribution in [2.75, 3.05) is 46.3 Å². The number of likely N-dealkylation sites (N-methyl/N-ethyl adjacent to an activating group) is 1. The Balaban J connectivity index is 1.86. The average Bonchev–Trinajstić information content (AvgIpc) is 3.04. The fourth-order valence-corrected chi connectivity index (χ4v) is 5.70. The summed E-state index contributed by atoms with van der Waals surface area (Å²) in [6.45, 7) is 4.12. The number of halogens is 1. The van der Waals surface area contributed by atoms with Gasteiger partial charge in [-0.15, -0.1) is 0 Å². The van der Waals surface area contributed by atoms with E-state index in [4.69, 9.17) is 11.6 Å². The van der Waals surface area contributed by atoms with Crippen molar-refractivity contribution < 1.29 is 13.2 Å². The van der Waals surface area contributed by atoms with E-state index in [0.717, 1.165) is 45.2 Å². The number of amides is 1. The van der Waals surface area contributed by atoms with Gasteiger partial charge in [0.2, 0.25) is 10.0 Å². The number of hydrogen-bond donors (Lipinski definition) is 0. The number of carbonyl (C=O) groups is 1. The second kappa shape index (κ2) is 8.90. The quantitative estimate of drug-likeness (QED) is 0.764. The lowest BCUT2D eigenvalue weighted by atomic mass is 10.2. The van der Waals surface area contributed by atoms with Crippen LogP contribution in [-0.2, 0) is 10.0 Å². The Bertz CT molecular complexity index is 776. The molecule has 150 valence electrons. The lowest BCUT2D eigenvalue weighted by Crippen LogP contribution is -2.35. The van der Waals surface area contributed by atoms with Gasteiger partial charge in [-0.3, -0.25) is 4.79 Å². The van der Waals surface area contributed by atoms with Crippen molar-refractivity contribution in [1.29, 1.82) is 0 Å². The number of benzene rings is 1. The molecule has 0 atom stereocenters. The molecule has 27 heavy (non-hydrogen) atoms. The smallest absolute Gasteiger partial charge is 0.253 e. The molecular formula is C19H28ClN3O3S. The van der Waals surface area contributed by atoms with Gasteiger partial charge in [0, 0.05) is 38.3 Å². The first-order chi connectivity index (χ1) is 12.9. The highest BCUT2D eigenvalue weighted by molar-refractivity contribution is 7.89. The van der Waals surface area contributed by atoms with E-state index < -0.39 is 10.0 Å². The Hall–Kier alpha value is -1.15. The maximum absolute atomic E-state index is 13.1. The van der Waals surface area contributed by atoms with E-state index in [1.807, 2.05) is 7.05 Å². The zero-order valence-corrected chi connectivity index (χ0v) is 17.4. The van der Waals surface area contributed by atoms with E-state index in [9.17, 15) is 13.2 Å². The third-order valence-electron chi connectivity index (χ3n) is 5.37. The van der Waals surface area contributed by atoms with Crippen molar-refractivity contribution in [2.24, 2.45) is 0 Å². The zero-order chi connectivity index (χ0) is 19.4. The Morgan fingerprint density at radius 3 is 2.33 bits per heavy atom. The van der Waals surface area contributed by atoms with Crippen molar-refractivity contribution in [3.05, 3.63) is 28.8 Å². The van der Waals surface area contributed by atoms with E-state index in [-0.39, 0.29) is 15.8 Å². The van der Waals surface area contributed by atoms with E-state index in [1.165, 1.54) is 16.4 Å². The van der Waals surface area contributed by atoms with Gasteiger partial charge >= 0.3 is 0 Å². The van der Waals surface area contributed by atoms with Crippen LogP contribution in [0.4, 0.5) is 0 Å². The van der Waals surface area contributed by atoms with Crippen LogP contribution >= 0.6 is 11.6 Å². The van der Waals surface area contributed by atoms with Crippen LogP contribution in [0.2, 0.25) is 5.02 Å². The van der Waals surface area contributed by atoms with E-state index in [1.54, 1.807) is 11.0 Å². The molecule has 2 aliphatic rings. The van der Waals surface area contributed by atoms with Gasteiger partial charge in [0.1, 0.15) is 4.90 Å². The number of rotatable bonds is 3. The van der Waals surface area contributed by atoms with Crippen LogP contribution < -0.4 is 0 Å². The number of hydrogen-bond acceptors (Lipinski definition) is 4. The van der Waals surface area contributed by atoms with Gasteiger partial charge in [-0.1, -0.05) is 24.4 Å². The van der Waals surface area contributed by atoms with Crippen molar-refractivity contribution in [3.8, 4) is 0 Å². The molecule has 0 unspecified atom stereocenters. The highest BCUT2D eigenvalue weighted by Crippen LogP contribution is 2.28. The van der Waals surface area contributed by atoms with Gasteiger partial charge in [-0.05, 0) is 51.1 Å². The standard InChI is InChI=1S/C19H28ClN3O3S/c1-21-9-6-10-22(14-13-21)19(24)16-7-8-17(20)18(15-16)27(25,26)23-11-4-2-3-5-12-23/h7-8,15H,2-6,9-14H2,1H3. The van der Waals surface area contributed by atoms with E-state index in [0.29, 0.717) is 31.7 Å². The van der Waals surface area contributed by atoms with Gasteiger partial charge in [0.25, 0.3) is 5.91 Å². The molecule has 8 heteroatoms. The second-order valence-corrected chi connectivity index (χ2v) is 9.73. The van der Waals surface area contributed by atoms with E-state index in [2.05, 4.69) is 4.90 Å².